The third kappa shape index (κ3) is 5.76. The second-order valence-electron chi connectivity index (χ2n) is 6.83. The van der Waals surface area contributed by atoms with Crippen LogP contribution in [0.2, 0.25) is 0 Å². The van der Waals surface area contributed by atoms with Gasteiger partial charge in [0.25, 0.3) is 0 Å². The van der Waals surface area contributed by atoms with Crippen molar-refractivity contribution in [1.29, 1.82) is 0 Å². The molecule has 158 valence electrons. The zero-order chi connectivity index (χ0) is 21.5. The fraction of sp³-hybridized carbons (Fsp3) is 0.286. The smallest absolute Gasteiger partial charge is 0.387 e. The molecule has 3 N–H and O–H groups in total. The number of ether oxygens (including phenoxy) is 1. The Morgan fingerprint density at radius 3 is 2.77 bits per heavy atom. The summed E-state index contributed by atoms with van der Waals surface area (Å²) in [6.07, 6.45) is 5.77. The van der Waals surface area contributed by atoms with Crippen molar-refractivity contribution in [2.24, 2.45) is 11.7 Å². The van der Waals surface area contributed by atoms with Crippen molar-refractivity contribution >= 4 is 29.4 Å². The number of pyridine rings is 1. The van der Waals surface area contributed by atoms with Crippen LogP contribution < -0.4 is 20.7 Å². The van der Waals surface area contributed by atoms with E-state index in [9.17, 15) is 18.4 Å². The molecule has 7 nitrogen and oxygen atoms in total. The Hall–Kier alpha value is -3.49. The van der Waals surface area contributed by atoms with E-state index >= 15 is 0 Å². The Morgan fingerprint density at radius 1 is 1.27 bits per heavy atom. The average molecular weight is 416 g/mol. The molecule has 2 heterocycles. The van der Waals surface area contributed by atoms with Gasteiger partial charge in [0.1, 0.15) is 11.6 Å². The van der Waals surface area contributed by atoms with Crippen LogP contribution in [0, 0.1) is 5.92 Å². The third-order valence-corrected chi connectivity index (χ3v) is 4.71. The average Bonchev–Trinajstić information content (AvgIpc) is 2.73. The number of primary amides is 1. The molecule has 1 aliphatic heterocycles. The van der Waals surface area contributed by atoms with E-state index in [1.165, 1.54) is 24.4 Å². The molecule has 1 fully saturated rings. The molecule has 9 heteroatoms. The number of nitrogens with two attached hydrogens (primary N) is 1. The number of alkyl halides is 2. The number of hydrogen-bond donors (Lipinski definition) is 2. The molecule has 1 aromatic heterocycles. The fourth-order valence-electron chi connectivity index (χ4n) is 3.24. The lowest BCUT2D eigenvalue weighted by Crippen LogP contribution is -2.41. The minimum Gasteiger partial charge on any atom is -0.434 e. The number of aromatic nitrogens is 1. The summed E-state index contributed by atoms with van der Waals surface area (Å²) >= 11 is 0. The number of amides is 2. The molecule has 1 aliphatic rings. The lowest BCUT2D eigenvalue weighted by molar-refractivity contribution is -0.122. The SMILES string of the molecule is NC(=O)C1CCCN(c2ccc(NC(=O)/C=C/c3ccccc3OC(F)F)cn2)C1. The number of benzene rings is 1. The molecule has 3 rings (SSSR count). The van der Waals surface area contributed by atoms with Crippen LogP contribution >= 0.6 is 0 Å². The highest BCUT2D eigenvalue weighted by Crippen LogP contribution is 2.23. The number of nitrogens with zero attached hydrogens (tertiary/aromatic N) is 2. The van der Waals surface area contributed by atoms with Crippen molar-refractivity contribution < 1.29 is 23.1 Å². The van der Waals surface area contributed by atoms with Gasteiger partial charge in [-0.25, -0.2) is 4.98 Å². The predicted octanol–water partition coefficient (Wildman–Crippen LogP) is 3.04. The third-order valence-electron chi connectivity index (χ3n) is 4.71. The summed E-state index contributed by atoms with van der Waals surface area (Å²) in [4.78, 5) is 29.9. The number of nitrogens with one attached hydrogen (secondary N) is 1. The molecule has 1 unspecified atom stereocenters. The number of carbonyl (C=O) groups is 2. The Balaban J connectivity index is 1.60. The van der Waals surface area contributed by atoms with Gasteiger partial charge >= 0.3 is 6.61 Å². The number of piperidine rings is 1. The van der Waals surface area contributed by atoms with Gasteiger partial charge in [0.05, 0.1) is 17.8 Å². The van der Waals surface area contributed by atoms with Gasteiger partial charge in [0, 0.05) is 24.7 Å². The Bertz CT molecular complexity index is 919. The highest BCUT2D eigenvalue weighted by Gasteiger charge is 2.24. The topological polar surface area (TPSA) is 97.6 Å². The van der Waals surface area contributed by atoms with Crippen LogP contribution in [0.4, 0.5) is 20.3 Å². The summed E-state index contributed by atoms with van der Waals surface area (Å²) in [5.74, 6) is -0.257. The molecule has 0 bridgehead atoms. The summed E-state index contributed by atoms with van der Waals surface area (Å²) in [5, 5.41) is 2.66. The summed E-state index contributed by atoms with van der Waals surface area (Å²) in [6, 6.07) is 9.65. The zero-order valence-corrected chi connectivity index (χ0v) is 16.1. The lowest BCUT2D eigenvalue weighted by Gasteiger charge is -2.32. The first-order valence-corrected chi connectivity index (χ1v) is 9.45. The van der Waals surface area contributed by atoms with Gasteiger partial charge in [0.15, 0.2) is 0 Å². The minimum absolute atomic E-state index is 0.0154. The van der Waals surface area contributed by atoms with E-state index < -0.39 is 12.5 Å². The zero-order valence-electron chi connectivity index (χ0n) is 16.1. The van der Waals surface area contributed by atoms with E-state index in [4.69, 9.17) is 5.73 Å². The van der Waals surface area contributed by atoms with Gasteiger partial charge < -0.3 is 20.7 Å². The van der Waals surface area contributed by atoms with Gasteiger partial charge in [-0.1, -0.05) is 18.2 Å². The first-order chi connectivity index (χ1) is 14.4. The number of anilines is 2. The first kappa shape index (κ1) is 21.2. The Labute approximate surface area is 172 Å². The molecule has 1 atom stereocenters. The first-order valence-electron chi connectivity index (χ1n) is 9.45. The molecule has 0 aliphatic carbocycles. The maximum absolute atomic E-state index is 12.5. The fourth-order valence-corrected chi connectivity index (χ4v) is 3.24. The van der Waals surface area contributed by atoms with Crippen LogP contribution in [0.5, 0.6) is 5.75 Å². The van der Waals surface area contributed by atoms with Crippen LogP contribution in [0.15, 0.2) is 48.7 Å². The Kier molecular flexibility index (Phi) is 6.95. The Morgan fingerprint density at radius 2 is 2.07 bits per heavy atom. The van der Waals surface area contributed by atoms with Gasteiger partial charge in [-0.2, -0.15) is 8.78 Å². The highest BCUT2D eigenvalue weighted by atomic mass is 19.3. The van der Waals surface area contributed by atoms with Crippen molar-refractivity contribution in [3.63, 3.8) is 0 Å². The standard InChI is InChI=1S/C21H22F2N4O3/c22-21(23)30-17-6-2-1-4-14(17)7-10-19(28)26-16-8-9-18(25-12-16)27-11-3-5-15(13-27)20(24)29/h1-2,4,6-10,12,15,21H,3,5,11,13H2,(H2,24,29)(H,26,28)/b10-7+. The van der Waals surface area contributed by atoms with Crippen molar-refractivity contribution in [1.82, 2.24) is 4.98 Å². The van der Waals surface area contributed by atoms with Crippen LogP contribution in [-0.2, 0) is 9.59 Å². The van der Waals surface area contributed by atoms with Gasteiger partial charge in [0.2, 0.25) is 11.8 Å². The van der Waals surface area contributed by atoms with Crippen LogP contribution in [-0.4, -0.2) is 36.5 Å². The molecular weight excluding hydrogens is 394 g/mol. The number of para-hydroxylation sites is 1. The summed E-state index contributed by atoms with van der Waals surface area (Å²) in [6.45, 7) is -1.64. The molecule has 0 radical (unpaired) electrons. The van der Waals surface area contributed by atoms with Gasteiger partial charge in [-0.3, -0.25) is 9.59 Å². The second-order valence-corrected chi connectivity index (χ2v) is 6.83. The monoisotopic (exact) mass is 416 g/mol. The molecular formula is C21H22F2N4O3. The summed E-state index contributed by atoms with van der Waals surface area (Å²) in [7, 11) is 0. The second kappa shape index (κ2) is 9.82. The maximum atomic E-state index is 12.5. The predicted molar refractivity (Wildman–Crippen MR) is 109 cm³/mol. The number of carbonyl (C=O) groups excluding carboxylic acids is 2. The van der Waals surface area contributed by atoms with E-state index in [0.717, 1.165) is 19.4 Å². The quantitative estimate of drug-likeness (QED) is 0.676. The van der Waals surface area contributed by atoms with E-state index in [0.29, 0.717) is 23.6 Å². The van der Waals surface area contributed by atoms with Crippen molar-refractivity contribution in [3.05, 3.63) is 54.2 Å². The molecule has 1 aromatic carbocycles. The van der Waals surface area contributed by atoms with Gasteiger partial charge in [-0.05, 0) is 37.1 Å². The summed E-state index contributed by atoms with van der Waals surface area (Å²) < 4.78 is 29.3. The highest BCUT2D eigenvalue weighted by molar-refractivity contribution is 6.02. The van der Waals surface area contributed by atoms with Crippen molar-refractivity contribution in [3.8, 4) is 5.75 Å². The molecule has 2 aromatic rings. The molecule has 1 saturated heterocycles. The number of halogens is 2. The molecule has 2 amide bonds. The van der Waals surface area contributed by atoms with Gasteiger partial charge in [-0.15, -0.1) is 0 Å². The van der Waals surface area contributed by atoms with E-state index in [1.807, 2.05) is 4.90 Å². The molecule has 30 heavy (non-hydrogen) atoms. The number of hydrogen-bond acceptors (Lipinski definition) is 5. The van der Waals surface area contributed by atoms with Crippen LogP contribution in [0.3, 0.4) is 0 Å². The van der Waals surface area contributed by atoms with E-state index in [-0.39, 0.29) is 17.6 Å². The van der Waals surface area contributed by atoms with Crippen molar-refractivity contribution in [2.75, 3.05) is 23.3 Å². The van der Waals surface area contributed by atoms with Crippen LogP contribution in [0.25, 0.3) is 6.08 Å². The normalized spacial score (nSPS) is 16.6. The van der Waals surface area contributed by atoms with Crippen LogP contribution in [0.1, 0.15) is 18.4 Å². The molecule has 0 saturated carbocycles. The van der Waals surface area contributed by atoms with Crippen molar-refractivity contribution in [2.45, 2.75) is 19.5 Å². The van der Waals surface area contributed by atoms with E-state index in [2.05, 4.69) is 15.0 Å². The maximum Gasteiger partial charge on any atom is 0.387 e. The summed E-state index contributed by atoms with van der Waals surface area (Å²) in [5.41, 5.74) is 6.24. The number of rotatable bonds is 7. The lowest BCUT2D eigenvalue weighted by atomic mass is 9.97. The minimum atomic E-state index is -2.95. The largest absolute Gasteiger partial charge is 0.434 e. The van der Waals surface area contributed by atoms with E-state index in [1.54, 1.807) is 30.3 Å². The molecule has 0 spiro atoms.